The minimum atomic E-state index is -0.479. The van der Waals surface area contributed by atoms with Crippen molar-refractivity contribution in [2.45, 2.75) is 25.4 Å². The van der Waals surface area contributed by atoms with Gasteiger partial charge in [-0.1, -0.05) is 36.4 Å². The Balaban J connectivity index is 1.66. The van der Waals surface area contributed by atoms with Gasteiger partial charge in [-0.25, -0.2) is 4.98 Å². The van der Waals surface area contributed by atoms with E-state index in [0.717, 1.165) is 25.9 Å². The summed E-state index contributed by atoms with van der Waals surface area (Å²) in [6, 6.07) is 15.8. The van der Waals surface area contributed by atoms with Crippen LogP contribution in [0.1, 0.15) is 40.7 Å². The van der Waals surface area contributed by atoms with Crippen LogP contribution in [0.2, 0.25) is 0 Å². The summed E-state index contributed by atoms with van der Waals surface area (Å²) < 4.78 is 5.95. The second-order valence-electron chi connectivity index (χ2n) is 6.18. The predicted octanol–water partition coefficient (Wildman–Crippen LogP) is 3.26. The molecule has 2 heterocycles. The number of nitrogens with zero attached hydrogens (tertiary/aromatic N) is 2. The minimum absolute atomic E-state index is 0.137. The molecular weight excluding hydrogens is 302 g/mol. The van der Waals surface area contributed by atoms with Crippen molar-refractivity contribution in [3.05, 3.63) is 65.5 Å². The van der Waals surface area contributed by atoms with Crippen LogP contribution in [0.3, 0.4) is 0 Å². The number of likely N-dealkylation sites (tertiary alicyclic amines) is 1. The third-order valence-corrected chi connectivity index (χ3v) is 4.58. The number of oxazole rings is 1. The number of hydrogen-bond donors (Lipinski definition) is 1. The highest BCUT2D eigenvalue weighted by molar-refractivity contribution is 6.03. The normalized spacial score (nSPS) is 18.2. The van der Waals surface area contributed by atoms with E-state index in [1.165, 1.54) is 5.56 Å². The highest BCUT2D eigenvalue weighted by Crippen LogP contribution is 2.34. The zero-order valence-electron chi connectivity index (χ0n) is 13.3. The Bertz CT molecular complexity index is 873. The molecule has 1 amide bonds. The third-order valence-electron chi connectivity index (χ3n) is 4.58. The number of carbonyl (C=O) groups is 1. The standard InChI is InChI=1S/C19H19N3O2/c20-18(23)14-8-4-10-16-17(14)21-19(24-16)15-9-5-11-22(15)12-13-6-2-1-3-7-13/h1-4,6-8,10,15H,5,9,11-12H2,(H2,20,23). The maximum absolute atomic E-state index is 11.6. The Morgan fingerprint density at radius 3 is 2.83 bits per heavy atom. The van der Waals surface area contributed by atoms with Crippen LogP contribution >= 0.6 is 0 Å². The molecule has 1 fully saturated rings. The molecule has 2 N–H and O–H groups in total. The monoisotopic (exact) mass is 321 g/mol. The lowest BCUT2D eigenvalue weighted by atomic mass is 10.1. The number of benzene rings is 2. The van der Waals surface area contributed by atoms with Crippen molar-refractivity contribution in [2.75, 3.05) is 6.54 Å². The molecule has 5 heteroatoms. The molecule has 1 aliphatic heterocycles. The van der Waals surface area contributed by atoms with Gasteiger partial charge in [0, 0.05) is 6.54 Å². The van der Waals surface area contributed by atoms with Crippen LogP contribution in [0.5, 0.6) is 0 Å². The maximum atomic E-state index is 11.6. The number of hydrogen-bond acceptors (Lipinski definition) is 4. The van der Waals surface area contributed by atoms with E-state index in [1.807, 2.05) is 12.1 Å². The minimum Gasteiger partial charge on any atom is -0.439 e. The quantitative estimate of drug-likeness (QED) is 0.800. The van der Waals surface area contributed by atoms with Crippen molar-refractivity contribution in [2.24, 2.45) is 5.73 Å². The molecule has 0 spiro atoms. The molecule has 1 atom stereocenters. The molecule has 2 aromatic carbocycles. The number of rotatable bonds is 4. The molecular formula is C19H19N3O2. The molecule has 0 radical (unpaired) electrons. The summed E-state index contributed by atoms with van der Waals surface area (Å²) in [7, 11) is 0. The Labute approximate surface area is 140 Å². The number of primary amides is 1. The van der Waals surface area contributed by atoms with E-state index in [2.05, 4.69) is 34.1 Å². The summed E-state index contributed by atoms with van der Waals surface area (Å²) in [6.07, 6.45) is 2.12. The number of carbonyl (C=O) groups excluding carboxylic acids is 1. The number of fused-ring (bicyclic) bond motifs is 1. The molecule has 1 unspecified atom stereocenters. The Morgan fingerprint density at radius 1 is 1.21 bits per heavy atom. The lowest BCUT2D eigenvalue weighted by Crippen LogP contribution is -2.23. The van der Waals surface area contributed by atoms with Gasteiger partial charge >= 0.3 is 0 Å². The molecule has 5 nitrogen and oxygen atoms in total. The van der Waals surface area contributed by atoms with E-state index in [0.29, 0.717) is 22.6 Å². The summed E-state index contributed by atoms with van der Waals surface area (Å²) >= 11 is 0. The molecule has 0 bridgehead atoms. The first-order valence-electron chi connectivity index (χ1n) is 8.19. The van der Waals surface area contributed by atoms with Crippen LogP contribution in [-0.4, -0.2) is 22.3 Å². The zero-order valence-corrected chi connectivity index (χ0v) is 13.3. The van der Waals surface area contributed by atoms with Gasteiger partial charge in [0.2, 0.25) is 5.89 Å². The SMILES string of the molecule is NC(=O)c1cccc2oc(C3CCCN3Cc3ccccc3)nc12. The average molecular weight is 321 g/mol. The number of amides is 1. The summed E-state index contributed by atoms with van der Waals surface area (Å²) in [5.74, 6) is 0.195. The van der Waals surface area contributed by atoms with Gasteiger partial charge in [-0.05, 0) is 37.1 Å². The summed E-state index contributed by atoms with van der Waals surface area (Å²) in [5.41, 5.74) is 8.31. The van der Waals surface area contributed by atoms with E-state index in [1.54, 1.807) is 12.1 Å². The highest BCUT2D eigenvalue weighted by atomic mass is 16.3. The van der Waals surface area contributed by atoms with Gasteiger partial charge in [0.15, 0.2) is 5.58 Å². The van der Waals surface area contributed by atoms with Gasteiger partial charge in [-0.3, -0.25) is 9.69 Å². The van der Waals surface area contributed by atoms with Crippen molar-refractivity contribution < 1.29 is 9.21 Å². The van der Waals surface area contributed by atoms with E-state index in [4.69, 9.17) is 10.2 Å². The van der Waals surface area contributed by atoms with Crippen LogP contribution in [0.4, 0.5) is 0 Å². The molecule has 0 saturated carbocycles. The van der Waals surface area contributed by atoms with Gasteiger partial charge in [-0.2, -0.15) is 0 Å². The summed E-state index contributed by atoms with van der Waals surface area (Å²) in [6.45, 7) is 1.88. The van der Waals surface area contributed by atoms with Crippen molar-refractivity contribution in [1.29, 1.82) is 0 Å². The van der Waals surface area contributed by atoms with Gasteiger partial charge in [0.25, 0.3) is 5.91 Å². The topological polar surface area (TPSA) is 72.4 Å². The Hall–Kier alpha value is -2.66. The molecule has 24 heavy (non-hydrogen) atoms. The zero-order chi connectivity index (χ0) is 16.5. The molecule has 122 valence electrons. The first kappa shape index (κ1) is 14.9. The van der Waals surface area contributed by atoms with Gasteiger partial charge in [-0.15, -0.1) is 0 Å². The van der Waals surface area contributed by atoms with Gasteiger partial charge in [0.05, 0.1) is 11.6 Å². The van der Waals surface area contributed by atoms with Crippen molar-refractivity contribution in [3.8, 4) is 0 Å². The van der Waals surface area contributed by atoms with Crippen LogP contribution in [-0.2, 0) is 6.54 Å². The van der Waals surface area contributed by atoms with Crippen molar-refractivity contribution in [3.63, 3.8) is 0 Å². The molecule has 1 saturated heterocycles. The summed E-state index contributed by atoms with van der Waals surface area (Å²) in [4.78, 5) is 18.6. The lowest BCUT2D eigenvalue weighted by molar-refractivity contribution is 0.100. The fourth-order valence-electron chi connectivity index (χ4n) is 3.42. The van der Waals surface area contributed by atoms with Crippen LogP contribution in [0.25, 0.3) is 11.1 Å². The largest absolute Gasteiger partial charge is 0.439 e. The Morgan fingerprint density at radius 2 is 2.04 bits per heavy atom. The molecule has 4 rings (SSSR count). The Kier molecular flexibility index (Phi) is 3.78. The second kappa shape index (κ2) is 6.09. The van der Waals surface area contributed by atoms with Crippen molar-refractivity contribution >= 4 is 17.0 Å². The molecule has 3 aromatic rings. The van der Waals surface area contributed by atoms with Crippen LogP contribution in [0.15, 0.2) is 52.9 Å². The number of nitrogens with two attached hydrogens (primary N) is 1. The molecule has 0 aliphatic carbocycles. The number of para-hydroxylation sites is 1. The van der Waals surface area contributed by atoms with Gasteiger partial charge < -0.3 is 10.2 Å². The fourth-order valence-corrected chi connectivity index (χ4v) is 3.42. The van der Waals surface area contributed by atoms with Crippen LogP contribution < -0.4 is 5.73 Å². The van der Waals surface area contributed by atoms with E-state index in [9.17, 15) is 4.79 Å². The van der Waals surface area contributed by atoms with E-state index < -0.39 is 5.91 Å². The summed E-state index contributed by atoms with van der Waals surface area (Å²) in [5, 5.41) is 0. The smallest absolute Gasteiger partial charge is 0.251 e. The third kappa shape index (κ3) is 2.67. The van der Waals surface area contributed by atoms with E-state index >= 15 is 0 Å². The maximum Gasteiger partial charge on any atom is 0.251 e. The molecule has 1 aliphatic rings. The van der Waals surface area contributed by atoms with Gasteiger partial charge in [0.1, 0.15) is 5.52 Å². The average Bonchev–Trinajstić information content (AvgIpc) is 3.21. The van der Waals surface area contributed by atoms with Crippen molar-refractivity contribution in [1.82, 2.24) is 9.88 Å². The lowest BCUT2D eigenvalue weighted by Gasteiger charge is -2.21. The predicted molar refractivity (Wildman–Crippen MR) is 91.4 cm³/mol. The molecule has 1 aromatic heterocycles. The first-order chi connectivity index (χ1) is 11.7. The van der Waals surface area contributed by atoms with Crippen LogP contribution in [0, 0.1) is 0 Å². The van der Waals surface area contributed by atoms with E-state index in [-0.39, 0.29) is 6.04 Å². The highest BCUT2D eigenvalue weighted by Gasteiger charge is 2.30. The first-order valence-corrected chi connectivity index (χ1v) is 8.19. The number of aromatic nitrogens is 1. The second-order valence-corrected chi connectivity index (χ2v) is 6.18. The fraction of sp³-hybridized carbons (Fsp3) is 0.263.